The van der Waals surface area contributed by atoms with Crippen molar-refractivity contribution in [2.24, 2.45) is 0 Å². The van der Waals surface area contributed by atoms with Crippen LogP contribution in [0.4, 0.5) is 5.69 Å². The molecular formula is C6H4Br2KNO6S. The summed E-state index contributed by atoms with van der Waals surface area (Å²) in [7, 11) is -4.21. The smallest absolute Gasteiger partial charge is 1.00 e. The number of nitro benzene ring substituents is 1. The number of hydrogen-bond donors (Lipinski definition) is 0. The van der Waals surface area contributed by atoms with Crippen LogP contribution in [-0.4, -0.2) is 13.3 Å². The molecule has 17 heavy (non-hydrogen) atoms. The molecule has 0 bridgehead atoms. The maximum absolute atomic E-state index is 10.9. The van der Waals surface area contributed by atoms with Crippen molar-refractivity contribution >= 4 is 48.3 Å². The van der Waals surface area contributed by atoms with Crippen molar-refractivity contribution in [2.75, 3.05) is 0 Å². The van der Waals surface area contributed by atoms with Gasteiger partial charge in [-0.1, -0.05) is 0 Å². The molecule has 90 valence electrons. The van der Waals surface area contributed by atoms with Crippen molar-refractivity contribution in [3.8, 4) is 5.75 Å². The third-order valence-electron chi connectivity index (χ3n) is 1.40. The summed E-state index contributed by atoms with van der Waals surface area (Å²) < 4.78 is 30.2. The molecule has 0 atom stereocenters. The number of non-ortho nitro benzene ring substituents is 1. The van der Waals surface area contributed by atoms with Crippen LogP contribution in [0.3, 0.4) is 0 Å². The number of hydrogen-bond acceptors (Lipinski definition) is 6. The Morgan fingerprint density at radius 3 is 2.41 bits per heavy atom. The largest absolute Gasteiger partial charge is 1.00 e. The average molecular weight is 417 g/mol. The first kappa shape index (κ1) is 17.9. The SMILES string of the molecule is O=[N+]([O-])c1ccc(OS(=O)(=O)OBr)c(Br)c1.[H-].[K+]. The Kier molecular flexibility index (Phi) is 7.91. The van der Waals surface area contributed by atoms with Crippen LogP contribution in [0.1, 0.15) is 1.43 Å². The fourth-order valence-corrected chi connectivity index (χ4v) is 1.90. The minimum absolute atomic E-state index is 0. The standard InChI is InChI=1S/C6H3Br2NO6S.K.H/c7-5-3-4(9(10)11)1-2-6(5)14-16(12,13)15-8;;/h1-3H;;/q;+1;-1. The van der Waals surface area contributed by atoms with Gasteiger partial charge in [-0.25, -0.2) is 0 Å². The van der Waals surface area contributed by atoms with E-state index in [1.807, 2.05) is 0 Å². The quantitative estimate of drug-likeness (QED) is 0.370. The first-order valence-electron chi connectivity index (χ1n) is 3.54. The Labute approximate surface area is 158 Å². The topological polar surface area (TPSA) is 95.7 Å². The van der Waals surface area contributed by atoms with Gasteiger partial charge in [0.05, 0.1) is 9.40 Å². The zero-order valence-electron chi connectivity index (χ0n) is 9.29. The number of rotatable bonds is 4. The molecule has 0 heterocycles. The minimum atomic E-state index is -4.21. The molecule has 1 aromatic carbocycles. The van der Waals surface area contributed by atoms with Gasteiger partial charge in [0.15, 0.2) is 5.75 Å². The minimum Gasteiger partial charge on any atom is -1.00 e. The predicted octanol–water partition coefficient (Wildman–Crippen LogP) is -0.576. The summed E-state index contributed by atoms with van der Waals surface area (Å²) in [5.74, 6) is -0.120. The van der Waals surface area contributed by atoms with Crippen LogP contribution in [0.25, 0.3) is 0 Å². The molecule has 0 aromatic heterocycles. The Balaban J connectivity index is 0. The molecule has 11 heteroatoms. The molecule has 0 fully saturated rings. The first-order valence-corrected chi connectivity index (χ1v) is 6.31. The Hall–Kier alpha value is 0.926. The second-order valence-electron chi connectivity index (χ2n) is 2.43. The van der Waals surface area contributed by atoms with Crippen molar-refractivity contribution in [3.63, 3.8) is 0 Å². The fourth-order valence-electron chi connectivity index (χ4n) is 0.794. The molecule has 0 N–H and O–H groups in total. The molecule has 7 nitrogen and oxygen atoms in total. The van der Waals surface area contributed by atoms with E-state index in [2.05, 4.69) is 39.6 Å². The predicted molar refractivity (Wildman–Crippen MR) is 61.5 cm³/mol. The van der Waals surface area contributed by atoms with Crippen LogP contribution in [-0.2, 0) is 13.7 Å². The molecule has 0 saturated carbocycles. The second kappa shape index (κ2) is 7.50. The van der Waals surface area contributed by atoms with Gasteiger partial charge < -0.3 is 5.61 Å². The van der Waals surface area contributed by atoms with E-state index < -0.39 is 15.3 Å². The molecule has 0 aliphatic carbocycles. The third-order valence-corrected chi connectivity index (χ3v) is 3.52. The van der Waals surface area contributed by atoms with E-state index in [9.17, 15) is 18.5 Å². The van der Waals surface area contributed by atoms with E-state index in [-0.39, 0.29) is 68.7 Å². The summed E-state index contributed by atoms with van der Waals surface area (Å²) in [5.41, 5.74) is -0.198. The van der Waals surface area contributed by atoms with Gasteiger partial charge in [-0.3, -0.25) is 10.1 Å². The maximum Gasteiger partial charge on any atom is 1.00 e. The molecule has 1 aromatic rings. The van der Waals surface area contributed by atoms with Crippen LogP contribution >= 0.6 is 32.2 Å². The average Bonchev–Trinajstić information content (AvgIpc) is 2.20. The molecule has 0 amide bonds. The van der Waals surface area contributed by atoms with E-state index >= 15 is 0 Å². The van der Waals surface area contributed by atoms with E-state index in [4.69, 9.17) is 0 Å². The molecular weight excluding hydrogens is 413 g/mol. The van der Waals surface area contributed by atoms with E-state index in [0.717, 1.165) is 18.2 Å². The molecule has 0 saturated heterocycles. The van der Waals surface area contributed by atoms with Gasteiger partial charge in [0.1, 0.15) is 16.3 Å². The number of benzene rings is 1. The number of nitro groups is 1. The monoisotopic (exact) mass is 415 g/mol. The fraction of sp³-hybridized carbons (Fsp3) is 0. The summed E-state index contributed by atoms with van der Waals surface area (Å²) in [6, 6.07) is 3.34. The molecule has 0 aliphatic heterocycles. The first-order chi connectivity index (χ1) is 7.35. The van der Waals surface area contributed by atoms with Gasteiger partial charge in [-0.15, -0.1) is 0 Å². The van der Waals surface area contributed by atoms with Crippen molar-refractivity contribution in [3.05, 3.63) is 32.8 Å². The van der Waals surface area contributed by atoms with Crippen LogP contribution in [0.15, 0.2) is 22.7 Å². The van der Waals surface area contributed by atoms with E-state index in [1.54, 1.807) is 0 Å². The maximum atomic E-state index is 10.9. The summed E-state index contributed by atoms with van der Waals surface area (Å²) in [5, 5.41) is 10.4. The summed E-state index contributed by atoms with van der Waals surface area (Å²) in [6.07, 6.45) is 0. The molecule has 0 spiro atoms. The summed E-state index contributed by atoms with van der Waals surface area (Å²) >= 11 is 5.19. The van der Waals surface area contributed by atoms with Crippen LogP contribution in [0.2, 0.25) is 0 Å². The van der Waals surface area contributed by atoms with Crippen molar-refractivity contribution in [1.29, 1.82) is 0 Å². The zero-order valence-corrected chi connectivity index (χ0v) is 15.4. The Bertz CT molecular complexity index is 527. The van der Waals surface area contributed by atoms with Gasteiger partial charge >= 0.3 is 61.8 Å². The van der Waals surface area contributed by atoms with E-state index in [1.165, 1.54) is 0 Å². The van der Waals surface area contributed by atoms with Crippen molar-refractivity contribution in [2.45, 2.75) is 0 Å². The summed E-state index contributed by atoms with van der Waals surface area (Å²) in [6.45, 7) is 0. The van der Waals surface area contributed by atoms with E-state index in [0.29, 0.717) is 0 Å². The second-order valence-corrected chi connectivity index (χ2v) is 5.18. The Morgan fingerprint density at radius 1 is 1.41 bits per heavy atom. The van der Waals surface area contributed by atoms with Crippen LogP contribution in [0.5, 0.6) is 5.75 Å². The molecule has 1 rings (SSSR count). The zero-order chi connectivity index (χ0) is 12.3. The summed E-state index contributed by atoms with van der Waals surface area (Å²) in [4.78, 5) is 9.78. The van der Waals surface area contributed by atoms with Crippen LogP contribution < -0.4 is 55.6 Å². The van der Waals surface area contributed by atoms with Gasteiger partial charge in [-0.05, 0) is 22.0 Å². The number of nitrogens with zero attached hydrogens (tertiary/aromatic N) is 1. The van der Waals surface area contributed by atoms with Crippen LogP contribution in [0, 0.1) is 10.1 Å². The van der Waals surface area contributed by atoms with Crippen molar-refractivity contribution < 1.29 is 73.6 Å². The third kappa shape index (κ3) is 5.61. The Morgan fingerprint density at radius 2 is 2.00 bits per heavy atom. The van der Waals surface area contributed by atoms with Gasteiger partial charge in [0.2, 0.25) is 0 Å². The molecule has 0 aliphatic rings. The number of halogens is 2. The van der Waals surface area contributed by atoms with Gasteiger partial charge in [0.25, 0.3) is 5.69 Å². The normalized spacial score (nSPS) is 10.5. The van der Waals surface area contributed by atoms with Gasteiger partial charge in [0, 0.05) is 12.1 Å². The molecule has 0 unspecified atom stereocenters. The van der Waals surface area contributed by atoms with Gasteiger partial charge in [-0.2, -0.15) is 11.7 Å². The van der Waals surface area contributed by atoms with Crippen molar-refractivity contribution in [1.82, 2.24) is 0 Å². The molecule has 0 radical (unpaired) electrons.